The van der Waals surface area contributed by atoms with Crippen LogP contribution in [0.25, 0.3) is 21.1 Å². The molecule has 5 aromatic rings. The number of thiazole rings is 2. The number of nitrogens with zero attached hydrogens (tertiary/aromatic N) is 3. The third-order valence-corrected chi connectivity index (χ3v) is 8.58. The molecule has 0 fully saturated rings. The van der Waals surface area contributed by atoms with Crippen molar-refractivity contribution >= 4 is 34.3 Å². The Morgan fingerprint density at radius 1 is 0.786 bits per heavy atom. The maximum atomic E-state index is 13.3. The average Bonchev–Trinajstić information content (AvgIpc) is 3.63. The Morgan fingerprint density at radius 3 is 1.74 bits per heavy atom. The maximum Gasteiger partial charge on any atom is 0.279 e. The van der Waals surface area contributed by atoms with Gasteiger partial charge in [0.2, 0.25) is 0 Å². The first-order chi connectivity index (χ1) is 19.9. The van der Waals surface area contributed by atoms with Crippen LogP contribution in [-0.2, 0) is 17.9 Å². The summed E-state index contributed by atoms with van der Waals surface area (Å²) < 4.78 is 11.5. The molecular formula is C32H33ClN4O3S2. The van der Waals surface area contributed by atoms with E-state index in [1.807, 2.05) is 79.7 Å². The van der Waals surface area contributed by atoms with E-state index < -0.39 is 0 Å². The number of amides is 1. The molecule has 7 nitrogen and oxygen atoms in total. The van der Waals surface area contributed by atoms with Crippen molar-refractivity contribution in [2.75, 3.05) is 33.1 Å². The van der Waals surface area contributed by atoms with Crippen LogP contribution in [0.2, 0.25) is 0 Å². The number of nitrogens with one attached hydrogen (secondary N) is 1. The number of carbonyl (C=O) groups is 1. The summed E-state index contributed by atoms with van der Waals surface area (Å²) in [7, 11) is 5.42. The van der Waals surface area contributed by atoms with E-state index >= 15 is 0 Å². The molecule has 2 aromatic heterocycles. The second kappa shape index (κ2) is 13.9. The SMILES string of the molecule is COc1ccccc1-c1nc(C[N+](C)(CC(=O)Nc2ccc(C)cc2)Cc2csc(-c3ccccc3OC)n2)cs1.[Cl-]. The number of benzene rings is 3. The van der Waals surface area contributed by atoms with Crippen molar-refractivity contribution in [3.8, 4) is 32.6 Å². The van der Waals surface area contributed by atoms with Crippen LogP contribution >= 0.6 is 22.7 Å². The molecule has 0 aliphatic carbocycles. The van der Waals surface area contributed by atoms with Gasteiger partial charge in [-0.3, -0.25) is 4.79 Å². The van der Waals surface area contributed by atoms with Gasteiger partial charge in [-0.25, -0.2) is 9.97 Å². The van der Waals surface area contributed by atoms with E-state index in [0.29, 0.717) is 17.6 Å². The fourth-order valence-corrected chi connectivity index (χ4v) is 6.46. The lowest BCUT2D eigenvalue weighted by Crippen LogP contribution is -3.00. The van der Waals surface area contributed by atoms with Gasteiger partial charge in [0.05, 0.1) is 32.4 Å². The molecule has 0 unspecified atom stereocenters. The summed E-state index contributed by atoms with van der Waals surface area (Å²) in [5.41, 5.74) is 5.68. The molecule has 0 bridgehead atoms. The van der Waals surface area contributed by atoms with Gasteiger partial charge in [0, 0.05) is 16.4 Å². The van der Waals surface area contributed by atoms with E-state index in [0.717, 1.165) is 55.3 Å². The Kier molecular flexibility index (Phi) is 10.3. The van der Waals surface area contributed by atoms with Crippen LogP contribution in [0.1, 0.15) is 17.0 Å². The fraction of sp³-hybridized carbons (Fsp3) is 0.219. The van der Waals surface area contributed by atoms with E-state index in [2.05, 4.69) is 23.1 Å². The number of halogens is 1. The number of hydrogen-bond donors (Lipinski definition) is 1. The third-order valence-electron chi connectivity index (χ3n) is 6.73. The van der Waals surface area contributed by atoms with Gasteiger partial charge < -0.3 is 31.7 Å². The second-order valence-electron chi connectivity index (χ2n) is 10.2. The number of quaternary nitrogens is 1. The molecule has 0 radical (unpaired) electrons. The van der Waals surface area contributed by atoms with Gasteiger partial charge in [-0.1, -0.05) is 42.0 Å². The zero-order chi connectivity index (χ0) is 28.8. The minimum Gasteiger partial charge on any atom is -1.00 e. The zero-order valence-corrected chi connectivity index (χ0v) is 26.4. The van der Waals surface area contributed by atoms with Gasteiger partial charge in [-0.05, 0) is 43.3 Å². The summed E-state index contributed by atoms with van der Waals surface area (Å²) in [6.45, 7) is 3.42. The summed E-state index contributed by atoms with van der Waals surface area (Å²) in [5, 5.41) is 8.98. The molecule has 2 heterocycles. The molecule has 1 amide bonds. The van der Waals surface area contributed by atoms with E-state index in [1.165, 1.54) is 0 Å². The van der Waals surface area contributed by atoms with Crippen molar-refractivity contribution in [2.24, 2.45) is 0 Å². The summed E-state index contributed by atoms with van der Waals surface area (Å²) in [5.74, 6) is 1.51. The van der Waals surface area contributed by atoms with Crippen LogP contribution in [-0.4, -0.2) is 48.2 Å². The van der Waals surface area contributed by atoms with Crippen LogP contribution in [0.4, 0.5) is 5.69 Å². The Labute approximate surface area is 260 Å². The topological polar surface area (TPSA) is 73.3 Å². The first-order valence-corrected chi connectivity index (χ1v) is 15.0. The maximum absolute atomic E-state index is 13.3. The van der Waals surface area contributed by atoms with Crippen molar-refractivity contribution in [1.82, 2.24) is 9.97 Å². The summed E-state index contributed by atoms with van der Waals surface area (Å²) in [6, 6.07) is 23.6. The number of anilines is 1. The van der Waals surface area contributed by atoms with Gasteiger partial charge in [-0.15, -0.1) is 22.7 Å². The number of hydrogen-bond acceptors (Lipinski definition) is 7. The molecule has 1 N–H and O–H groups in total. The first kappa shape index (κ1) is 31.2. The minimum absolute atomic E-state index is 0. The number of aryl methyl sites for hydroxylation is 1. The highest BCUT2D eigenvalue weighted by atomic mass is 35.5. The minimum atomic E-state index is -0.0586. The smallest absolute Gasteiger partial charge is 0.279 e. The van der Waals surface area contributed by atoms with E-state index in [1.54, 1.807) is 36.9 Å². The first-order valence-electron chi connectivity index (χ1n) is 13.2. The predicted molar refractivity (Wildman–Crippen MR) is 166 cm³/mol. The molecule has 0 aliphatic rings. The molecule has 0 atom stereocenters. The molecule has 0 saturated carbocycles. The van der Waals surface area contributed by atoms with Crippen molar-refractivity contribution in [1.29, 1.82) is 0 Å². The highest BCUT2D eigenvalue weighted by Crippen LogP contribution is 2.34. The number of likely N-dealkylation sites (N-methyl/N-ethyl adjacent to an activating group) is 1. The van der Waals surface area contributed by atoms with Crippen LogP contribution in [0, 0.1) is 6.92 Å². The summed E-state index contributed by atoms with van der Waals surface area (Å²) in [6.07, 6.45) is 0. The van der Waals surface area contributed by atoms with Gasteiger partial charge >= 0.3 is 0 Å². The second-order valence-corrected chi connectivity index (χ2v) is 11.9. The van der Waals surface area contributed by atoms with Crippen molar-refractivity contribution < 1.29 is 31.2 Å². The lowest BCUT2D eigenvalue weighted by atomic mass is 10.2. The van der Waals surface area contributed by atoms with Crippen LogP contribution < -0.4 is 27.2 Å². The number of para-hydroxylation sites is 2. The molecule has 0 aliphatic heterocycles. The highest BCUT2D eigenvalue weighted by Gasteiger charge is 2.29. The Morgan fingerprint density at radius 2 is 1.26 bits per heavy atom. The number of rotatable bonds is 11. The average molecular weight is 621 g/mol. The monoisotopic (exact) mass is 620 g/mol. The van der Waals surface area contributed by atoms with Crippen molar-refractivity contribution in [3.05, 3.63) is 101 Å². The van der Waals surface area contributed by atoms with Crippen molar-refractivity contribution in [3.63, 3.8) is 0 Å². The van der Waals surface area contributed by atoms with Gasteiger partial charge in [0.15, 0.2) is 6.54 Å². The summed E-state index contributed by atoms with van der Waals surface area (Å²) in [4.78, 5) is 23.2. The quantitative estimate of drug-likeness (QED) is 0.226. The van der Waals surface area contributed by atoms with Crippen LogP contribution in [0.15, 0.2) is 83.6 Å². The van der Waals surface area contributed by atoms with Gasteiger partial charge in [0.25, 0.3) is 5.91 Å². The molecule has 3 aromatic carbocycles. The lowest BCUT2D eigenvalue weighted by Gasteiger charge is -2.32. The zero-order valence-electron chi connectivity index (χ0n) is 24.0. The number of methoxy groups -OCH3 is 2. The molecule has 42 heavy (non-hydrogen) atoms. The van der Waals surface area contributed by atoms with E-state index in [-0.39, 0.29) is 24.9 Å². The highest BCUT2D eigenvalue weighted by molar-refractivity contribution is 7.13. The third kappa shape index (κ3) is 7.54. The van der Waals surface area contributed by atoms with Crippen molar-refractivity contribution in [2.45, 2.75) is 20.0 Å². The standard InChI is InChI=1S/C32H32N4O3S2.ClH/c1-22-13-15-23(16-14-22)33-30(37)19-36(2,17-24-20-40-31(34-24)26-9-5-7-11-28(26)38-3)18-25-21-41-32(35-25)27-10-6-8-12-29(27)39-4;/h5-16,20-21H,17-19H2,1-4H3;1H. The molecule has 0 spiro atoms. The Balaban J connectivity index is 0.00000405. The van der Waals surface area contributed by atoms with Gasteiger partial charge in [0.1, 0.15) is 46.0 Å². The molecule has 10 heteroatoms. The molecule has 5 rings (SSSR count). The van der Waals surface area contributed by atoms with Crippen LogP contribution in [0.5, 0.6) is 11.5 Å². The Hall–Kier alpha value is -3.76. The normalized spacial score (nSPS) is 11.0. The Bertz CT molecular complexity index is 1550. The molecule has 0 saturated heterocycles. The molecule has 218 valence electrons. The number of carbonyl (C=O) groups excluding carboxylic acids is 1. The van der Waals surface area contributed by atoms with E-state index in [4.69, 9.17) is 19.4 Å². The lowest BCUT2D eigenvalue weighted by molar-refractivity contribution is -0.928. The summed E-state index contributed by atoms with van der Waals surface area (Å²) >= 11 is 3.16. The van der Waals surface area contributed by atoms with Gasteiger partial charge in [-0.2, -0.15) is 0 Å². The fourth-order valence-electron chi connectivity index (χ4n) is 4.78. The van der Waals surface area contributed by atoms with Crippen LogP contribution in [0.3, 0.4) is 0 Å². The number of ether oxygens (including phenoxy) is 2. The predicted octanol–water partition coefficient (Wildman–Crippen LogP) is 4.05. The largest absolute Gasteiger partial charge is 1.00 e. The molecular weight excluding hydrogens is 588 g/mol. The van der Waals surface area contributed by atoms with E-state index in [9.17, 15) is 4.79 Å². The number of aromatic nitrogens is 2.